The van der Waals surface area contributed by atoms with Crippen molar-refractivity contribution in [1.82, 2.24) is 10.0 Å². The molecule has 26 heavy (non-hydrogen) atoms. The minimum absolute atomic E-state index is 0.00626. The molecule has 1 saturated heterocycles. The monoisotopic (exact) mass is 423 g/mol. The molecular weight excluding hydrogens is 401 g/mol. The summed E-state index contributed by atoms with van der Waals surface area (Å²) in [4.78, 5) is 21.5. The normalized spacial score (nSPS) is 15.1. The van der Waals surface area contributed by atoms with Crippen LogP contribution in [0.1, 0.15) is 12.8 Å². The number of ether oxygens (including phenoxy) is 1. The Labute approximate surface area is 166 Å². The molecule has 146 valence electrons. The fraction of sp³-hybridized carbons (Fsp3) is 0.500. The predicted octanol–water partition coefficient (Wildman–Crippen LogP) is 3.14. The van der Waals surface area contributed by atoms with Crippen molar-refractivity contribution >= 4 is 52.4 Å². The van der Waals surface area contributed by atoms with Gasteiger partial charge in [0.05, 0.1) is 29.4 Å². The highest BCUT2D eigenvalue weighted by atomic mass is 35.5. The van der Waals surface area contributed by atoms with Crippen LogP contribution >= 0.6 is 35.1 Å². The number of hydrogen-bond acceptors (Lipinski definition) is 8. The van der Waals surface area contributed by atoms with E-state index in [0.29, 0.717) is 4.90 Å². The fourth-order valence-corrected chi connectivity index (χ4v) is 3.75. The van der Waals surface area contributed by atoms with Crippen LogP contribution in [-0.2, 0) is 14.3 Å². The highest BCUT2D eigenvalue weighted by Gasteiger charge is 2.14. The van der Waals surface area contributed by atoms with Gasteiger partial charge in [0.1, 0.15) is 5.82 Å². The number of methoxy groups -OCH3 is 1. The van der Waals surface area contributed by atoms with Gasteiger partial charge in [-0.3, -0.25) is 9.59 Å². The summed E-state index contributed by atoms with van der Waals surface area (Å²) in [5, 5.41) is 4.64. The van der Waals surface area contributed by atoms with Crippen molar-refractivity contribution < 1.29 is 18.7 Å². The lowest BCUT2D eigenvalue weighted by molar-refractivity contribution is -0.137. The van der Waals surface area contributed by atoms with Crippen molar-refractivity contribution in [3.8, 4) is 0 Å². The first-order valence-electron chi connectivity index (χ1n) is 7.84. The summed E-state index contributed by atoms with van der Waals surface area (Å²) in [6.45, 7) is 2.22. The van der Waals surface area contributed by atoms with Crippen LogP contribution in [0.5, 0.6) is 0 Å². The molecule has 0 atom stereocenters. The summed E-state index contributed by atoms with van der Waals surface area (Å²) in [7, 11) is 3.37. The first-order valence-corrected chi connectivity index (χ1v) is 10.3. The Kier molecular flexibility index (Phi) is 11.0. The molecule has 0 bridgehead atoms. The zero-order valence-corrected chi connectivity index (χ0v) is 17.1. The van der Waals surface area contributed by atoms with Crippen LogP contribution in [0.25, 0.3) is 0 Å². The lowest BCUT2D eigenvalue weighted by atomic mass is 10.2. The van der Waals surface area contributed by atoms with Gasteiger partial charge in [-0.2, -0.15) is 0 Å². The number of carbonyl (C=O) groups is 2. The van der Waals surface area contributed by atoms with Gasteiger partial charge < -0.3 is 10.5 Å². The number of hydrazine groups is 1. The summed E-state index contributed by atoms with van der Waals surface area (Å²) in [6.07, 6.45) is 2.53. The van der Waals surface area contributed by atoms with Crippen molar-refractivity contribution in [2.75, 3.05) is 44.6 Å². The molecule has 0 saturated carbocycles. The largest absolute Gasteiger partial charge is 0.468 e. The second-order valence-corrected chi connectivity index (χ2v) is 7.59. The van der Waals surface area contributed by atoms with Crippen molar-refractivity contribution in [1.29, 1.82) is 0 Å². The van der Waals surface area contributed by atoms with E-state index in [4.69, 9.17) is 17.3 Å². The molecule has 0 amide bonds. The molecule has 6 nitrogen and oxygen atoms in total. The molecule has 0 radical (unpaired) electrons. The third kappa shape index (κ3) is 8.13. The van der Waals surface area contributed by atoms with Crippen LogP contribution in [0.2, 0.25) is 5.02 Å². The SMILES string of the molecule is CN1CCCCN1CSC=O.COC(=O)CSc1cc(N)c(F)cc1Cl. The smallest absolute Gasteiger partial charge is 0.315 e. The van der Waals surface area contributed by atoms with Crippen LogP contribution in [0.3, 0.4) is 0 Å². The lowest BCUT2D eigenvalue weighted by Gasteiger charge is -2.35. The predicted molar refractivity (Wildman–Crippen MR) is 106 cm³/mol. The number of halogens is 2. The molecule has 0 aliphatic carbocycles. The maximum absolute atomic E-state index is 12.9. The highest BCUT2D eigenvalue weighted by molar-refractivity contribution is 8.11. The van der Waals surface area contributed by atoms with Crippen LogP contribution in [0, 0.1) is 5.82 Å². The van der Waals surface area contributed by atoms with E-state index in [-0.39, 0.29) is 22.4 Å². The second-order valence-electron chi connectivity index (χ2n) is 5.38. The van der Waals surface area contributed by atoms with Gasteiger partial charge in [-0.05, 0) is 25.0 Å². The summed E-state index contributed by atoms with van der Waals surface area (Å²) >= 11 is 8.23. The molecule has 2 N–H and O–H groups in total. The lowest BCUT2D eigenvalue weighted by Crippen LogP contribution is -2.44. The van der Waals surface area contributed by atoms with E-state index >= 15 is 0 Å². The number of esters is 1. The molecular formula is C16H23ClFN3O3S2. The van der Waals surface area contributed by atoms with E-state index < -0.39 is 5.82 Å². The van der Waals surface area contributed by atoms with Gasteiger partial charge in [-0.15, -0.1) is 11.8 Å². The van der Waals surface area contributed by atoms with Gasteiger partial charge in [0, 0.05) is 25.0 Å². The number of carbonyl (C=O) groups excluding carboxylic acids is 2. The standard InChI is InChI=1S/C9H9ClFNO2S.C7H14N2OS/c1-14-9(13)4-15-8-3-7(12)6(11)2-5(8)10;1-8-4-2-3-5-9(8)6-11-7-10/h2-3H,4,12H2,1H3;7H,2-6H2,1H3. The minimum atomic E-state index is -0.567. The zero-order valence-electron chi connectivity index (χ0n) is 14.7. The average Bonchev–Trinajstić information content (AvgIpc) is 2.63. The fourth-order valence-electron chi connectivity index (χ4n) is 2.08. The average molecular weight is 424 g/mol. The Morgan fingerprint density at radius 1 is 1.42 bits per heavy atom. The van der Waals surface area contributed by atoms with E-state index in [2.05, 4.69) is 21.8 Å². The topological polar surface area (TPSA) is 75.9 Å². The summed E-state index contributed by atoms with van der Waals surface area (Å²) < 4.78 is 17.4. The Bertz CT molecular complexity index is 610. The third-order valence-electron chi connectivity index (χ3n) is 3.55. The Balaban J connectivity index is 0.000000273. The number of nitrogens with zero attached hydrogens (tertiary/aromatic N) is 2. The van der Waals surface area contributed by atoms with Crippen molar-refractivity contribution in [3.63, 3.8) is 0 Å². The number of thioether (sulfide) groups is 2. The first kappa shape index (κ1) is 23.0. The van der Waals surface area contributed by atoms with Crippen molar-refractivity contribution in [2.45, 2.75) is 17.7 Å². The summed E-state index contributed by atoms with van der Waals surface area (Å²) in [5.41, 5.74) is 6.28. The molecule has 1 aliphatic rings. The van der Waals surface area contributed by atoms with Gasteiger partial charge >= 0.3 is 5.97 Å². The molecule has 1 aliphatic heterocycles. The van der Waals surface area contributed by atoms with Gasteiger partial charge in [-0.1, -0.05) is 23.4 Å². The maximum atomic E-state index is 12.9. The van der Waals surface area contributed by atoms with Gasteiger partial charge in [0.2, 0.25) is 0 Å². The number of benzene rings is 1. The van der Waals surface area contributed by atoms with E-state index in [1.807, 2.05) is 0 Å². The molecule has 1 fully saturated rings. The van der Waals surface area contributed by atoms with Crippen LogP contribution in [-0.4, -0.2) is 60.5 Å². The van der Waals surface area contributed by atoms with E-state index in [1.54, 1.807) is 0 Å². The van der Waals surface area contributed by atoms with E-state index in [9.17, 15) is 14.0 Å². The Morgan fingerprint density at radius 3 is 2.73 bits per heavy atom. The third-order valence-corrected chi connectivity index (χ3v) is 5.58. The van der Waals surface area contributed by atoms with E-state index in [0.717, 1.165) is 42.4 Å². The molecule has 0 unspecified atom stereocenters. The zero-order chi connectivity index (χ0) is 19.5. The Hall–Kier alpha value is -1.00. The maximum Gasteiger partial charge on any atom is 0.315 e. The number of hydrogen-bond donors (Lipinski definition) is 1. The summed E-state index contributed by atoms with van der Waals surface area (Å²) in [6, 6.07) is 2.52. The molecule has 0 aromatic heterocycles. The van der Waals surface area contributed by atoms with Crippen molar-refractivity contribution in [2.24, 2.45) is 0 Å². The molecule has 1 heterocycles. The van der Waals surface area contributed by atoms with Gasteiger partial charge in [0.25, 0.3) is 0 Å². The second kappa shape index (κ2) is 12.4. The number of nitrogens with two attached hydrogens (primary N) is 1. The minimum Gasteiger partial charge on any atom is -0.468 e. The Morgan fingerprint density at radius 2 is 2.12 bits per heavy atom. The van der Waals surface area contributed by atoms with Gasteiger partial charge in [0.15, 0.2) is 5.62 Å². The van der Waals surface area contributed by atoms with E-state index in [1.165, 1.54) is 37.8 Å². The number of rotatable bonds is 6. The molecule has 10 heteroatoms. The first-order chi connectivity index (χ1) is 12.4. The van der Waals surface area contributed by atoms with Crippen LogP contribution in [0.4, 0.5) is 10.1 Å². The number of nitrogen functional groups attached to an aromatic ring is 1. The summed E-state index contributed by atoms with van der Waals surface area (Å²) in [5.74, 6) is -0.0252. The molecule has 1 aromatic carbocycles. The molecule has 1 aromatic rings. The van der Waals surface area contributed by atoms with Crippen molar-refractivity contribution in [3.05, 3.63) is 23.0 Å². The molecule has 2 rings (SSSR count). The highest BCUT2D eigenvalue weighted by Crippen LogP contribution is 2.30. The molecule has 0 spiro atoms. The van der Waals surface area contributed by atoms with Gasteiger partial charge in [-0.25, -0.2) is 14.4 Å². The van der Waals surface area contributed by atoms with Crippen LogP contribution in [0.15, 0.2) is 17.0 Å². The quantitative estimate of drug-likeness (QED) is 0.323. The van der Waals surface area contributed by atoms with Crippen LogP contribution < -0.4 is 5.73 Å². The number of anilines is 1.